The molecule has 1 fully saturated rings. The highest BCUT2D eigenvalue weighted by molar-refractivity contribution is 5.14. The van der Waals surface area contributed by atoms with E-state index in [1.807, 2.05) is 32.9 Å². The van der Waals surface area contributed by atoms with Crippen molar-refractivity contribution in [1.82, 2.24) is 10.2 Å². The van der Waals surface area contributed by atoms with Crippen LogP contribution in [-0.2, 0) is 0 Å². The van der Waals surface area contributed by atoms with Gasteiger partial charge in [-0.25, -0.2) is 0 Å². The lowest BCUT2D eigenvalue weighted by Crippen LogP contribution is -2.45. The third kappa shape index (κ3) is 13.0. The van der Waals surface area contributed by atoms with Gasteiger partial charge in [-0.3, -0.25) is 0 Å². The second-order valence-corrected chi connectivity index (χ2v) is 5.98. The largest absolute Gasteiger partial charge is 0.402 e. The smallest absolute Gasteiger partial charge is 0.0987 e. The van der Waals surface area contributed by atoms with Crippen molar-refractivity contribution in [2.24, 2.45) is 11.5 Å². The van der Waals surface area contributed by atoms with Gasteiger partial charge in [0.15, 0.2) is 0 Å². The molecule has 5 N–H and O–H groups in total. The Hall–Kier alpha value is -1.16. The molecule has 0 atom stereocenters. The van der Waals surface area contributed by atoms with Crippen molar-refractivity contribution in [3.05, 3.63) is 23.7 Å². The molecular weight excluding hydrogens is 284 g/mol. The molecule has 0 radical (unpaired) electrons. The Kier molecular flexibility index (Phi) is 16.5. The first-order valence-corrected chi connectivity index (χ1v) is 9.37. The molecule has 4 nitrogen and oxygen atoms in total. The van der Waals surface area contributed by atoms with E-state index in [2.05, 4.69) is 37.9 Å². The number of piperidine rings is 1. The Morgan fingerprint density at radius 2 is 1.57 bits per heavy atom. The van der Waals surface area contributed by atoms with Crippen molar-refractivity contribution < 1.29 is 0 Å². The maximum atomic E-state index is 6.06. The fourth-order valence-corrected chi connectivity index (χ4v) is 2.19. The van der Waals surface area contributed by atoms with E-state index in [4.69, 9.17) is 11.5 Å². The van der Waals surface area contributed by atoms with Gasteiger partial charge in [0, 0.05) is 30.9 Å². The number of nitrogens with zero attached hydrogens (tertiary/aromatic N) is 1. The predicted molar refractivity (Wildman–Crippen MR) is 105 cm³/mol. The zero-order chi connectivity index (χ0) is 18.3. The molecule has 138 valence electrons. The summed E-state index contributed by atoms with van der Waals surface area (Å²) in [6.45, 7) is 16.7. The van der Waals surface area contributed by atoms with Gasteiger partial charge in [-0.05, 0) is 31.4 Å². The molecule has 1 rings (SSSR count). The third-order valence-corrected chi connectivity index (χ3v) is 3.31. The van der Waals surface area contributed by atoms with Crippen LogP contribution in [0.3, 0.4) is 0 Å². The summed E-state index contributed by atoms with van der Waals surface area (Å²) < 4.78 is 0. The van der Waals surface area contributed by atoms with E-state index < -0.39 is 0 Å². The second-order valence-electron chi connectivity index (χ2n) is 5.98. The van der Waals surface area contributed by atoms with Crippen LogP contribution >= 0.6 is 0 Å². The summed E-state index contributed by atoms with van der Waals surface area (Å²) >= 11 is 0. The molecule has 4 heteroatoms. The summed E-state index contributed by atoms with van der Waals surface area (Å²) in [6.07, 6.45) is 8.26. The highest BCUT2D eigenvalue weighted by Crippen LogP contribution is 2.13. The van der Waals surface area contributed by atoms with Gasteiger partial charge in [0.1, 0.15) is 0 Å². The Balaban J connectivity index is 0. The van der Waals surface area contributed by atoms with Crippen molar-refractivity contribution in [1.29, 1.82) is 0 Å². The number of nitrogens with one attached hydrogen (secondary N) is 1. The molecule has 0 aliphatic carbocycles. The maximum Gasteiger partial charge on any atom is 0.0987 e. The van der Waals surface area contributed by atoms with Gasteiger partial charge in [-0.1, -0.05) is 54.9 Å². The first kappa shape index (κ1) is 24.1. The zero-order valence-corrected chi connectivity index (χ0v) is 16.7. The van der Waals surface area contributed by atoms with Gasteiger partial charge in [0.05, 0.1) is 5.82 Å². The Bertz CT molecular complexity index is 313. The lowest BCUT2D eigenvalue weighted by molar-refractivity contribution is 0.233. The standard InChI is InChI=1S/C14H28N4.C3H8.C2H6/c1-4-12(15)5-6-14(16)18-9-7-13(8-10-18)17-11(2)3;1-3-2;1-2/h5-6,11,13,17H,4,7-10,15-16H2,1-3H3;3H2,1-2H3;1-2H3/b12-5-,14-6+;;. The van der Waals surface area contributed by atoms with E-state index in [9.17, 15) is 0 Å². The average molecular weight is 327 g/mol. The van der Waals surface area contributed by atoms with Crippen LogP contribution in [-0.4, -0.2) is 30.1 Å². The number of hydrogen-bond acceptors (Lipinski definition) is 4. The third-order valence-electron chi connectivity index (χ3n) is 3.31. The fraction of sp³-hybridized carbons (Fsp3) is 0.789. The highest BCUT2D eigenvalue weighted by atomic mass is 15.2. The quantitative estimate of drug-likeness (QED) is 0.669. The van der Waals surface area contributed by atoms with E-state index in [-0.39, 0.29) is 0 Å². The summed E-state index contributed by atoms with van der Waals surface area (Å²) in [4.78, 5) is 2.23. The highest BCUT2D eigenvalue weighted by Gasteiger charge is 2.19. The van der Waals surface area contributed by atoms with Gasteiger partial charge in [-0.15, -0.1) is 0 Å². The van der Waals surface area contributed by atoms with E-state index in [1.165, 1.54) is 6.42 Å². The van der Waals surface area contributed by atoms with Crippen LogP contribution in [0.4, 0.5) is 0 Å². The van der Waals surface area contributed by atoms with Gasteiger partial charge < -0.3 is 21.7 Å². The molecule has 1 saturated heterocycles. The van der Waals surface area contributed by atoms with Gasteiger partial charge in [0.25, 0.3) is 0 Å². The van der Waals surface area contributed by atoms with Crippen LogP contribution < -0.4 is 16.8 Å². The molecule has 23 heavy (non-hydrogen) atoms. The lowest BCUT2D eigenvalue weighted by atomic mass is 10.0. The monoisotopic (exact) mass is 326 g/mol. The molecule has 0 saturated carbocycles. The fourth-order valence-electron chi connectivity index (χ4n) is 2.19. The molecule has 0 aromatic rings. The molecule has 0 aromatic heterocycles. The average Bonchev–Trinajstić information content (AvgIpc) is 2.55. The van der Waals surface area contributed by atoms with Crippen molar-refractivity contribution >= 4 is 0 Å². The minimum Gasteiger partial charge on any atom is -0.402 e. The van der Waals surface area contributed by atoms with E-state index in [0.717, 1.165) is 43.9 Å². The van der Waals surface area contributed by atoms with Crippen molar-refractivity contribution in [3.8, 4) is 0 Å². The van der Waals surface area contributed by atoms with Crippen LogP contribution in [0.1, 0.15) is 74.1 Å². The number of hydrogen-bond donors (Lipinski definition) is 3. The van der Waals surface area contributed by atoms with Crippen LogP contribution in [0.5, 0.6) is 0 Å². The molecule has 1 heterocycles. The summed E-state index contributed by atoms with van der Waals surface area (Å²) in [5.41, 5.74) is 12.7. The second kappa shape index (κ2) is 15.7. The first-order valence-electron chi connectivity index (χ1n) is 9.37. The van der Waals surface area contributed by atoms with Crippen molar-refractivity contribution in [3.63, 3.8) is 0 Å². The van der Waals surface area contributed by atoms with E-state index in [0.29, 0.717) is 12.1 Å². The number of nitrogens with two attached hydrogens (primary N) is 2. The number of allylic oxidation sites excluding steroid dienone is 3. The Morgan fingerprint density at radius 1 is 1.09 bits per heavy atom. The summed E-state index contributed by atoms with van der Waals surface area (Å²) in [5, 5.41) is 3.58. The summed E-state index contributed by atoms with van der Waals surface area (Å²) in [5.74, 6) is 0.828. The van der Waals surface area contributed by atoms with Crippen LogP contribution in [0.2, 0.25) is 0 Å². The Labute approximate surface area is 145 Å². The van der Waals surface area contributed by atoms with Crippen molar-refractivity contribution in [2.75, 3.05) is 13.1 Å². The molecule has 0 aromatic carbocycles. The topological polar surface area (TPSA) is 67.3 Å². The van der Waals surface area contributed by atoms with Crippen LogP contribution in [0, 0.1) is 0 Å². The van der Waals surface area contributed by atoms with Gasteiger partial charge in [0.2, 0.25) is 0 Å². The Morgan fingerprint density at radius 3 is 1.96 bits per heavy atom. The van der Waals surface area contributed by atoms with Crippen molar-refractivity contribution in [2.45, 2.75) is 86.2 Å². The van der Waals surface area contributed by atoms with E-state index >= 15 is 0 Å². The molecule has 0 amide bonds. The minimum atomic E-state index is 0.557. The molecule has 0 unspecified atom stereocenters. The minimum absolute atomic E-state index is 0.557. The summed E-state index contributed by atoms with van der Waals surface area (Å²) in [6, 6.07) is 1.19. The molecular formula is C19H42N4. The van der Waals surface area contributed by atoms with Crippen LogP contribution in [0.15, 0.2) is 23.7 Å². The zero-order valence-electron chi connectivity index (χ0n) is 16.7. The normalized spacial score (nSPS) is 16.4. The SMILES string of the molecule is CC.CC/C(N)=C/C=C(\N)N1CCC(NC(C)C)CC1.CCC. The maximum absolute atomic E-state index is 6.06. The number of likely N-dealkylation sites (tertiary alicyclic amines) is 1. The van der Waals surface area contributed by atoms with Gasteiger partial charge >= 0.3 is 0 Å². The van der Waals surface area contributed by atoms with E-state index in [1.54, 1.807) is 0 Å². The molecule has 0 bridgehead atoms. The molecule has 0 spiro atoms. The van der Waals surface area contributed by atoms with Gasteiger partial charge in [-0.2, -0.15) is 0 Å². The molecule has 1 aliphatic rings. The molecule has 1 aliphatic heterocycles. The number of rotatable bonds is 5. The predicted octanol–water partition coefficient (Wildman–Crippen LogP) is 3.94. The van der Waals surface area contributed by atoms with Crippen LogP contribution in [0.25, 0.3) is 0 Å². The lowest BCUT2D eigenvalue weighted by Gasteiger charge is -2.34. The first-order chi connectivity index (χ1) is 10.9. The summed E-state index contributed by atoms with van der Waals surface area (Å²) in [7, 11) is 0.